The van der Waals surface area contributed by atoms with Gasteiger partial charge in [0.2, 0.25) is 5.95 Å². The molecule has 152 valence electrons. The second-order valence-corrected chi connectivity index (χ2v) is 9.50. The van der Waals surface area contributed by atoms with Crippen LogP contribution in [0.3, 0.4) is 0 Å². The summed E-state index contributed by atoms with van der Waals surface area (Å²) in [7, 11) is 0. The molecule has 0 N–H and O–H groups in total. The number of carbonyl (C=O) groups excluding carboxylic acids is 1. The molecule has 28 heavy (non-hydrogen) atoms. The van der Waals surface area contributed by atoms with Crippen LogP contribution in [0.2, 0.25) is 0 Å². The Morgan fingerprint density at radius 3 is 2.57 bits per heavy atom. The number of fused-ring (bicyclic) bond motifs is 1. The molecule has 5 nitrogen and oxygen atoms in total. The number of halogens is 1. The maximum atomic E-state index is 13.0. The normalized spacial score (nSPS) is 15.6. The second kappa shape index (κ2) is 8.76. The summed E-state index contributed by atoms with van der Waals surface area (Å²) in [5.74, 6) is 0.919. The van der Waals surface area contributed by atoms with E-state index in [4.69, 9.17) is 14.7 Å². The van der Waals surface area contributed by atoms with Crippen LogP contribution in [0, 0.1) is 5.92 Å². The molecule has 1 aliphatic rings. The summed E-state index contributed by atoms with van der Waals surface area (Å²) in [4.78, 5) is 24.2. The number of carbonyl (C=O) groups is 1. The largest absolute Gasteiger partial charge is 0.443 e. The van der Waals surface area contributed by atoms with Crippen LogP contribution in [0.1, 0.15) is 65.5 Å². The van der Waals surface area contributed by atoms with Crippen LogP contribution in [0.15, 0.2) is 22.7 Å². The molecule has 0 saturated heterocycles. The molecular weight excluding hydrogens is 418 g/mol. The maximum absolute atomic E-state index is 13.0. The van der Waals surface area contributed by atoms with Crippen LogP contribution < -0.4 is 4.90 Å². The topological polar surface area (TPSA) is 55.3 Å². The second-order valence-electron chi connectivity index (χ2n) is 8.58. The minimum Gasteiger partial charge on any atom is -0.443 e. The quantitative estimate of drug-likeness (QED) is 0.553. The Balaban J connectivity index is 2.00. The summed E-state index contributed by atoms with van der Waals surface area (Å²) in [5.41, 5.74) is 1.23. The van der Waals surface area contributed by atoms with E-state index in [1.54, 1.807) is 4.90 Å². The first-order valence-corrected chi connectivity index (χ1v) is 11.0. The van der Waals surface area contributed by atoms with E-state index in [9.17, 15) is 4.79 Å². The fraction of sp³-hybridized carbons (Fsp3) is 0.591. The van der Waals surface area contributed by atoms with Gasteiger partial charge in [-0.3, -0.25) is 0 Å². The summed E-state index contributed by atoms with van der Waals surface area (Å²) < 4.78 is 6.70. The van der Waals surface area contributed by atoms with Gasteiger partial charge in [0.15, 0.2) is 0 Å². The highest BCUT2D eigenvalue weighted by Crippen LogP contribution is 2.29. The number of rotatable bonds is 4. The lowest BCUT2D eigenvalue weighted by Crippen LogP contribution is -2.41. The van der Waals surface area contributed by atoms with E-state index >= 15 is 0 Å². The van der Waals surface area contributed by atoms with Crippen LogP contribution >= 0.6 is 15.9 Å². The van der Waals surface area contributed by atoms with Gasteiger partial charge in [-0.05, 0) is 64.2 Å². The molecule has 1 amide bonds. The molecule has 0 unspecified atom stereocenters. The predicted molar refractivity (Wildman–Crippen MR) is 117 cm³/mol. The number of aromatic nitrogens is 2. The molecule has 1 fully saturated rings. The van der Waals surface area contributed by atoms with Crippen molar-refractivity contribution in [2.45, 2.75) is 71.8 Å². The van der Waals surface area contributed by atoms with Crippen molar-refractivity contribution in [1.29, 1.82) is 0 Å². The van der Waals surface area contributed by atoms with Gasteiger partial charge in [-0.1, -0.05) is 42.1 Å². The number of ether oxygens (including phenoxy) is 1. The van der Waals surface area contributed by atoms with Gasteiger partial charge in [0.1, 0.15) is 5.60 Å². The molecule has 0 bridgehead atoms. The lowest BCUT2D eigenvalue weighted by atomic mass is 9.89. The molecular formula is C22H30BrN3O2. The van der Waals surface area contributed by atoms with Gasteiger partial charge in [-0.2, -0.15) is 0 Å². The van der Waals surface area contributed by atoms with Gasteiger partial charge >= 0.3 is 6.09 Å². The smallest absolute Gasteiger partial charge is 0.417 e. The summed E-state index contributed by atoms with van der Waals surface area (Å²) >= 11 is 3.53. The van der Waals surface area contributed by atoms with E-state index in [1.165, 1.54) is 19.3 Å². The lowest BCUT2D eigenvalue weighted by molar-refractivity contribution is 0.0569. The van der Waals surface area contributed by atoms with Crippen LogP contribution in [0.5, 0.6) is 0 Å². The van der Waals surface area contributed by atoms with Crippen molar-refractivity contribution in [2.24, 2.45) is 5.92 Å². The molecule has 1 aliphatic carbocycles. The van der Waals surface area contributed by atoms with Crippen LogP contribution in [0.25, 0.3) is 10.9 Å². The van der Waals surface area contributed by atoms with Crippen molar-refractivity contribution in [3.63, 3.8) is 0 Å². The standard InChI is InChI=1S/C22H30BrN3O2/c1-5-18-17-13-16(23)11-12-19(17)25-20(24-18)26(21(27)28-22(2,3)4)14-15-9-7-6-8-10-15/h11-13,15H,5-10,14H2,1-4H3. The van der Waals surface area contributed by atoms with E-state index in [0.29, 0.717) is 18.4 Å². The van der Waals surface area contributed by atoms with Crippen molar-refractivity contribution in [1.82, 2.24) is 9.97 Å². The fourth-order valence-corrected chi connectivity index (χ4v) is 4.08. The summed E-state index contributed by atoms with van der Waals surface area (Å²) in [5, 5.41) is 1.02. The monoisotopic (exact) mass is 447 g/mol. The SMILES string of the molecule is CCc1nc(N(CC2CCCCC2)C(=O)OC(C)(C)C)nc2ccc(Br)cc12. The van der Waals surface area contributed by atoms with E-state index in [-0.39, 0.29) is 6.09 Å². The number of benzene rings is 1. The molecule has 0 aliphatic heterocycles. The van der Waals surface area contributed by atoms with Gasteiger partial charge in [-0.15, -0.1) is 0 Å². The molecule has 1 saturated carbocycles. The van der Waals surface area contributed by atoms with E-state index in [1.807, 2.05) is 39.0 Å². The molecule has 6 heteroatoms. The van der Waals surface area contributed by atoms with Crippen LogP contribution in [0.4, 0.5) is 10.7 Å². The van der Waals surface area contributed by atoms with Crippen molar-refractivity contribution >= 4 is 38.9 Å². The summed E-state index contributed by atoms with van der Waals surface area (Å²) in [6.07, 6.45) is 6.41. The highest BCUT2D eigenvalue weighted by Gasteiger charge is 2.29. The number of aryl methyl sites for hydroxylation is 1. The molecule has 3 rings (SSSR count). The number of nitrogens with zero attached hydrogens (tertiary/aromatic N) is 3. The Labute approximate surface area is 176 Å². The third-order valence-electron chi connectivity index (χ3n) is 5.08. The zero-order valence-electron chi connectivity index (χ0n) is 17.3. The first-order chi connectivity index (χ1) is 13.3. The summed E-state index contributed by atoms with van der Waals surface area (Å²) in [6, 6.07) is 5.98. The Hall–Kier alpha value is -1.69. The van der Waals surface area contributed by atoms with Crippen molar-refractivity contribution in [3.8, 4) is 0 Å². The molecule has 0 atom stereocenters. The van der Waals surface area contributed by atoms with E-state index < -0.39 is 5.60 Å². The number of anilines is 1. The molecule has 2 aromatic rings. The Morgan fingerprint density at radius 2 is 1.93 bits per heavy atom. The fourth-order valence-electron chi connectivity index (χ4n) is 3.72. The first-order valence-electron chi connectivity index (χ1n) is 10.2. The Morgan fingerprint density at radius 1 is 1.21 bits per heavy atom. The van der Waals surface area contributed by atoms with Crippen molar-refractivity contribution in [2.75, 3.05) is 11.4 Å². The lowest BCUT2D eigenvalue weighted by Gasteiger charge is -2.30. The predicted octanol–water partition coefficient (Wildman–Crippen LogP) is 6.28. The minimum absolute atomic E-state index is 0.364. The number of hydrogen-bond acceptors (Lipinski definition) is 4. The molecule has 0 spiro atoms. The molecule has 0 radical (unpaired) electrons. The number of amides is 1. The van der Waals surface area contributed by atoms with Crippen molar-refractivity contribution < 1.29 is 9.53 Å². The van der Waals surface area contributed by atoms with E-state index in [2.05, 4.69) is 22.9 Å². The van der Waals surface area contributed by atoms with Crippen LogP contribution in [-0.2, 0) is 11.2 Å². The van der Waals surface area contributed by atoms with Gasteiger partial charge in [0.05, 0.1) is 11.2 Å². The maximum Gasteiger partial charge on any atom is 0.417 e. The third kappa shape index (κ3) is 5.22. The average Bonchev–Trinajstić information content (AvgIpc) is 2.64. The minimum atomic E-state index is -0.558. The zero-order chi connectivity index (χ0) is 20.3. The zero-order valence-corrected chi connectivity index (χ0v) is 18.9. The Bertz CT molecular complexity index is 842. The molecule has 1 aromatic carbocycles. The average molecular weight is 448 g/mol. The third-order valence-corrected chi connectivity index (χ3v) is 5.57. The first kappa shape index (κ1) is 21.0. The van der Waals surface area contributed by atoms with E-state index in [0.717, 1.165) is 40.3 Å². The highest BCUT2D eigenvalue weighted by molar-refractivity contribution is 9.10. The van der Waals surface area contributed by atoms with Crippen molar-refractivity contribution in [3.05, 3.63) is 28.4 Å². The van der Waals surface area contributed by atoms with Gasteiger partial charge in [0, 0.05) is 16.4 Å². The number of hydrogen-bond donors (Lipinski definition) is 0. The van der Waals surface area contributed by atoms with Gasteiger partial charge in [-0.25, -0.2) is 19.7 Å². The molecule has 1 heterocycles. The molecule has 1 aromatic heterocycles. The highest BCUT2D eigenvalue weighted by atomic mass is 79.9. The van der Waals surface area contributed by atoms with Gasteiger partial charge in [0.25, 0.3) is 0 Å². The summed E-state index contributed by atoms with van der Waals surface area (Å²) in [6.45, 7) is 8.35. The van der Waals surface area contributed by atoms with Crippen LogP contribution in [-0.4, -0.2) is 28.2 Å². The Kier molecular flexibility index (Phi) is 6.58. The van der Waals surface area contributed by atoms with Gasteiger partial charge < -0.3 is 4.74 Å².